The molecule has 0 saturated heterocycles. The number of benzene rings is 2. The number of anilines is 1. The highest BCUT2D eigenvalue weighted by Crippen LogP contribution is 2.32. The monoisotopic (exact) mass is 583 g/mol. The van der Waals surface area contributed by atoms with Gasteiger partial charge in [-0.15, -0.1) is 0 Å². The summed E-state index contributed by atoms with van der Waals surface area (Å²) in [6.45, 7) is 0.915. The van der Waals surface area contributed by atoms with Gasteiger partial charge in [-0.05, 0) is 41.6 Å². The van der Waals surface area contributed by atoms with E-state index in [-0.39, 0.29) is 6.61 Å². The maximum absolute atomic E-state index is 11.4. The summed E-state index contributed by atoms with van der Waals surface area (Å²) in [5, 5.41) is 14.5. The van der Waals surface area contributed by atoms with Crippen molar-refractivity contribution in [2.75, 3.05) is 12.3 Å². The molecule has 1 atom stereocenters. The van der Waals surface area contributed by atoms with Crippen LogP contribution < -0.4 is 15.8 Å². The minimum atomic E-state index is -1.11. The van der Waals surface area contributed by atoms with Gasteiger partial charge in [0.05, 0.1) is 29.8 Å². The lowest BCUT2D eigenvalue weighted by atomic mass is 10.0. The van der Waals surface area contributed by atoms with Crippen LogP contribution in [-0.2, 0) is 13.0 Å². The first kappa shape index (κ1) is 28.2. The van der Waals surface area contributed by atoms with Gasteiger partial charge in [0.1, 0.15) is 18.2 Å². The molecule has 0 fully saturated rings. The number of rotatable bonds is 9. The highest BCUT2D eigenvalue weighted by molar-refractivity contribution is 6.09. The number of nitrogen functional groups attached to an aromatic ring is 1. The van der Waals surface area contributed by atoms with Gasteiger partial charge in [-0.2, -0.15) is 0 Å². The Kier molecular flexibility index (Phi) is 8.27. The van der Waals surface area contributed by atoms with Crippen molar-refractivity contribution in [2.45, 2.75) is 25.4 Å². The Morgan fingerprint density at radius 2 is 1.91 bits per heavy atom. The number of nitrogens with one attached hydrogen (secondary N) is 1. The number of carboxylic acid groups (broad SMARTS) is 1. The highest BCUT2D eigenvalue weighted by Gasteiger charge is 2.15. The summed E-state index contributed by atoms with van der Waals surface area (Å²) >= 11 is 0. The largest absolute Gasteiger partial charge is 0.490 e. The number of ether oxygens (including phenoxy) is 1. The van der Waals surface area contributed by atoms with Crippen LogP contribution in [0.3, 0.4) is 0 Å². The van der Waals surface area contributed by atoms with Gasteiger partial charge in [0, 0.05) is 59.7 Å². The maximum atomic E-state index is 11.4. The molecule has 6 aromatic rings. The molecule has 218 valence electrons. The molecule has 0 aliphatic carbocycles. The summed E-state index contributed by atoms with van der Waals surface area (Å²) in [7, 11) is 0. The van der Waals surface area contributed by atoms with E-state index in [2.05, 4.69) is 37.1 Å². The van der Waals surface area contributed by atoms with E-state index in [0.29, 0.717) is 35.7 Å². The summed E-state index contributed by atoms with van der Waals surface area (Å²) in [6.07, 6.45) is 10.6. The molecule has 0 spiro atoms. The first-order valence-corrected chi connectivity index (χ1v) is 14.1. The molecule has 44 heavy (non-hydrogen) atoms. The molecular weight excluding hydrogens is 554 g/mol. The Balaban J connectivity index is 1.22. The summed E-state index contributed by atoms with van der Waals surface area (Å²) in [5.74, 6) is 7.29. The van der Waals surface area contributed by atoms with Gasteiger partial charge in [-0.25, -0.2) is 14.8 Å². The van der Waals surface area contributed by atoms with Crippen LogP contribution in [0.5, 0.6) is 5.75 Å². The minimum Gasteiger partial charge on any atom is -0.490 e. The Bertz CT molecular complexity index is 1980. The fourth-order valence-electron chi connectivity index (χ4n) is 4.99. The standard InChI is InChI=1S/C34H29N7O3/c35-33-30-20-38-32-15-24(8-4-5-12-41-13-11-36-22-41)9-10-28(32)29(30)17-31(40-33)25-16-27(19-37-18-25)44-21-26(39-34(42)43)14-23-6-2-1-3-7-23/h1-3,6-7,9-11,13,15-20,22,26,39H,5,12,14,21H2,(H2,35,40)(H,42,43)/t26-/m0/s1. The molecule has 4 aromatic heterocycles. The topological polar surface area (TPSA) is 141 Å². The molecular formula is C34H29N7O3. The molecule has 0 unspecified atom stereocenters. The summed E-state index contributed by atoms with van der Waals surface area (Å²) < 4.78 is 7.99. The molecule has 4 N–H and O–H groups in total. The predicted octanol–water partition coefficient (Wildman–Crippen LogP) is 5.32. The van der Waals surface area contributed by atoms with Crippen LogP contribution in [0, 0.1) is 11.8 Å². The third-order valence-corrected chi connectivity index (χ3v) is 7.11. The SMILES string of the molecule is Nc1nc(-c2cncc(OC[C@H](Cc3ccccc3)NC(=O)O)c2)cc2c1cnc1cc(C#CCCn3ccnc3)ccc12. The zero-order chi connectivity index (χ0) is 30.3. The Labute approximate surface area is 253 Å². The molecule has 4 heterocycles. The number of fused-ring (bicyclic) bond motifs is 3. The number of hydrogen-bond acceptors (Lipinski definition) is 7. The molecule has 0 aliphatic heterocycles. The van der Waals surface area contributed by atoms with Crippen LogP contribution in [0.4, 0.5) is 10.6 Å². The number of imidazole rings is 1. The van der Waals surface area contributed by atoms with Crippen LogP contribution >= 0.6 is 0 Å². The van der Waals surface area contributed by atoms with E-state index < -0.39 is 12.1 Å². The van der Waals surface area contributed by atoms with E-state index in [1.807, 2.05) is 71.4 Å². The van der Waals surface area contributed by atoms with E-state index in [9.17, 15) is 9.90 Å². The molecule has 0 bridgehead atoms. The zero-order valence-corrected chi connectivity index (χ0v) is 23.7. The van der Waals surface area contributed by atoms with Gasteiger partial charge in [0.15, 0.2) is 0 Å². The number of aromatic nitrogens is 5. The summed E-state index contributed by atoms with van der Waals surface area (Å²) in [6, 6.07) is 19.0. The fourth-order valence-corrected chi connectivity index (χ4v) is 4.99. The lowest BCUT2D eigenvalue weighted by Crippen LogP contribution is -2.39. The molecule has 0 radical (unpaired) electrons. The van der Waals surface area contributed by atoms with Crippen LogP contribution in [0.15, 0.2) is 98.0 Å². The minimum absolute atomic E-state index is 0.130. The second-order valence-electron chi connectivity index (χ2n) is 10.3. The van der Waals surface area contributed by atoms with E-state index in [4.69, 9.17) is 10.5 Å². The van der Waals surface area contributed by atoms with Crippen molar-refractivity contribution < 1.29 is 14.6 Å². The second-order valence-corrected chi connectivity index (χ2v) is 10.3. The quantitative estimate of drug-likeness (QED) is 0.153. The van der Waals surface area contributed by atoms with Crippen molar-refractivity contribution in [3.05, 3.63) is 109 Å². The number of carbonyl (C=O) groups is 1. The first-order valence-electron chi connectivity index (χ1n) is 14.1. The number of nitrogens with two attached hydrogens (primary N) is 1. The Morgan fingerprint density at radius 1 is 1.02 bits per heavy atom. The van der Waals surface area contributed by atoms with Crippen molar-refractivity contribution in [3.63, 3.8) is 0 Å². The van der Waals surface area contributed by atoms with Crippen molar-refractivity contribution in [2.24, 2.45) is 0 Å². The number of nitrogens with zero attached hydrogens (tertiary/aromatic N) is 5. The van der Waals surface area contributed by atoms with Gasteiger partial charge >= 0.3 is 6.09 Å². The third kappa shape index (κ3) is 6.74. The van der Waals surface area contributed by atoms with E-state index in [0.717, 1.165) is 39.3 Å². The molecule has 0 aliphatic rings. The summed E-state index contributed by atoms with van der Waals surface area (Å²) in [5.41, 5.74) is 10.4. The molecule has 1 amide bonds. The van der Waals surface area contributed by atoms with Gasteiger partial charge in [-0.1, -0.05) is 48.2 Å². The van der Waals surface area contributed by atoms with Gasteiger partial charge in [0.2, 0.25) is 0 Å². The summed E-state index contributed by atoms with van der Waals surface area (Å²) in [4.78, 5) is 29.0. The third-order valence-electron chi connectivity index (χ3n) is 7.11. The Morgan fingerprint density at radius 3 is 2.73 bits per heavy atom. The average Bonchev–Trinajstić information content (AvgIpc) is 3.56. The van der Waals surface area contributed by atoms with Crippen LogP contribution in [0.25, 0.3) is 32.9 Å². The lowest BCUT2D eigenvalue weighted by Gasteiger charge is -2.18. The Hall–Kier alpha value is -5.95. The predicted molar refractivity (Wildman–Crippen MR) is 169 cm³/mol. The molecule has 2 aromatic carbocycles. The van der Waals surface area contributed by atoms with Gasteiger partial charge in [0.25, 0.3) is 0 Å². The van der Waals surface area contributed by atoms with Crippen LogP contribution in [0.1, 0.15) is 17.5 Å². The van der Waals surface area contributed by atoms with E-state index >= 15 is 0 Å². The van der Waals surface area contributed by atoms with Crippen molar-refractivity contribution in [1.82, 2.24) is 29.8 Å². The lowest BCUT2D eigenvalue weighted by molar-refractivity contribution is 0.180. The molecule has 0 saturated carbocycles. The molecule has 10 heteroatoms. The van der Waals surface area contributed by atoms with E-state index in [1.54, 1.807) is 31.1 Å². The van der Waals surface area contributed by atoms with Crippen LogP contribution in [-0.4, -0.2) is 48.4 Å². The van der Waals surface area contributed by atoms with Crippen molar-refractivity contribution >= 4 is 33.6 Å². The molecule has 6 rings (SSSR count). The number of aryl methyl sites for hydroxylation is 1. The highest BCUT2D eigenvalue weighted by atomic mass is 16.5. The second kappa shape index (κ2) is 12.9. The normalized spacial score (nSPS) is 11.5. The number of pyridine rings is 3. The maximum Gasteiger partial charge on any atom is 0.405 e. The van der Waals surface area contributed by atoms with Crippen molar-refractivity contribution in [3.8, 4) is 28.8 Å². The number of hydrogen-bond donors (Lipinski definition) is 3. The number of amides is 1. The molecule has 10 nitrogen and oxygen atoms in total. The zero-order valence-electron chi connectivity index (χ0n) is 23.7. The fraction of sp³-hybridized carbons (Fsp3) is 0.147. The van der Waals surface area contributed by atoms with Crippen molar-refractivity contribution in [1.29, 1.82) is 0 Å². The van der Waals surface area contributed by atoms with Gasteiger partial charge in [-0.3, -0.25) is 9.97 Å². The smallest absolute Gasteiger partial charge is 0.405 e. The van der Waals surface area contributed by atoms with Crippen LogP contribution in [0.2, 0.25) is 0 Å². The van der Waals surface area contributed by atoms with E-state index in [1.165, 1.54) is 0 Å². The average molecular weight is 584 g/mol. The first-order chi connectivity index (χ1) is 21.5. The van der Waals surface area contributed by atoms with Gasteiger partial charge < -0.3 is 25.5 Å².